The van der Waals surface area contributed by atoms with Gasteiger partial charge < -0.3 is 15.3 Å². The molecule has 0 amide bonds. The molecule has 0 unspecified atom stereocenters. The van der Waals surface area contributed by atoms with Gasteiger partial charge in [0.1, 0.15) is 17.1 Å². The van der Waals surface area contributed by atoms with Crippen molar-refractivity contribution in [3.8, 4) is 5.75 Å². The van der Waals surface area contributed by atoms with Gasteiger partial charge in [0, 0.05) is 43.1 Å². The van der Waals surface area contributed by atoms with Crippen molar-refractivity contribution in [2.45, 2.75) is 13.0 Å². The third-order valence-corrected chi connectivity index (χ3v) is 5.04. The molecule has 0 bridgehead atoms. The standard InChI is InChI=1S/C24H24N4O/c1-16-12-14-25-21(15-16)27-22(18-6-9-19(10-7-18)28(2)3)20-11-8-17-5-4-13-26-23(17)24(20)29/h4-15,22,29H,1-3H3,(H,25,27)/t22-/m0/s1. The quantitative estimate of drug-likeness (QED) is 0.512. The highest BCUT2D eigenvalue weighted by molar-refractivity contribution is 5.86. The SMILES string of the molecule is Cc1ccnc(N[C@@H](c2ccc(N(C)C)cc2)c2ccc3cccnc3c2O)c1. The zero-order valence-corrected chi connectivity index (χ0v) is 16.8. The van der Waals surface area contributed by atoms with Gasteiger partial charge in [-0.25, -0.2) is 4.98 Å². The zero-order chi connectivity index (χ0) is 20.4. The summed E-state index contributed by atoms with van der Waals surface area (Å²) in [4.78, 5) is 10.9. The molecule has 2 N–H and O–H groups in total. The van der Waals surface area contributed by atoms with E-state index in [0.717, 1.165) is 33.6 Å². The molecule has 1 atom stereocenters. The Kier molecular flexibility index (Phi) is 5.04. The third kappa shape index (κ3) is 3.85. The molecule has 4 aromatic rings. The lowest BCUT2D eigenvalue weighted by molar-refractivity contribution is 0.471. The Balaban J connectivity index is 1.82. The Morgan fingerprint density at radius 2 is 1.72 bits per heavy atom. The smallest absolute Gasteiger partial charge is 0.147 e. The molecule has 2 aromatic carbocycles. The molecule has 5 heteroatoms. The van der Waals surface area contributed by atoms with Crippen molar-refractivity contribution in [3.63, 3.8) is 0 Å². The normalized spacial score (nSPS) is 12.0. The molecule has 2 heterocycles. The molecule has 0 saturated carbocycles. The Bertz CT molecular complexity index is 1140. The van der Waals surface area contributed by atoms with Crippen molar-refractivity contribution in [2.75, 3.05) is 24.3 Å². The maximum absolute atomic E-state index is 11.0. The fourth-order valence-electron chi connectivity index (χ4n) is 3.45. The van der Waals surface area contributed by atoms with Gasteiger partial charge in [0.05, 0.1) is 6.04 Å². The van der Waals surface area contributed by atoms with Crippen LogP contribution in [0.1, 0.15) is 22.7 Å². The fourth-order valence-corrected chi connectivity index (χ4v) is 3.45. The number of nitrogens with one attached hydrogen (secondary N) is 1. The first-order chi connectivity index (χ1) is 14.0. The van der Waals surface area contributed by atoms with Crippen LogP contribution in [0, 0.1) is 6.92 Å². The average Bonchev–Trinajstić information content (AvgIpc) is 2.73. The lowest BCUT2D eigenvalue weighted by Gasteiger charge is -2.23. The minimum atomic E-state index is -0.271. The van der Waals surface area contributed by atoms with E-state index >= 15 is 0 Å². The van der Waals surface area contributed by atoms with Crippen LogP contribution in [-0.4, -0.2) is 29.2 Å². The van der Waals surface area contributed by atoms with Crippen LogP contribution in [0.2, 0.25) is 0 Å². The van der Waals surface area contributed by atoms with Crippen LogP contribution in [-0.2, 0) is 0 Å². The van der Waals surface area contributed by atoms with Gasteiger partial charge in [-0.15, -0.1) is 0 Å². The zero-order valence-electron chi connectivity index (χ0n) is 16.8. The van der Waals surface area contributed by atoms with Crippen molar-refractivity contribution in [2.24, 2.45) is 0 Å². The van der Waals surface area contributed by atoms with Crippen LogP contribution in [0.25, 0.3) is 10.9 Å². The Morgan fingerprint density at radius 3 is 2.45 bits per heavy atom. The number of aromatic nitrogens is 2. The van der Waals surface area contributed by atoms with Crippen molar-refractivity contribution < 1.29 is 5.11 Å². The summed E-state index contributed by atoms with van der Waals surface area (Å²) in [5, 5.41) is 15.4. The molecule has 5 nitrogen and oxygen atoms in total. The van der Waals surface area contributed by atoms with E-state index in [0.29, 0.717) is 5.52 Å². The predicted octanol–water partition coefficient (Wildman–Crippen LogP) is 4.91. The summed E-state index contributed by atoms with van der Waals surface area (Å²) in [6, 6.07) is 19.7. The number of aromatic hydroxyl groups is 1. The summed E-state index contributed by atoms with van der Waals surface area (Å²) < 4.78 is 0. The van der Waals surface area contributed by atoms with E-state index in [1.807, 2.05) is 57.4 Å². The number of phenols is 1. The average molecular weight is 384 g/mol. The van der Waals surface area contributed by atoms with Crippen LogP contribution >= 0.6 is 0 Å². The first kappa shape index (κ1) is 18.7. The highest BCUT2D eigenvalue weighted by Gasteiger charge is 2.20. The first-order valence-corrected chi connectivity index (χ1v) is 9.56. The summed E-state index contributed by atoms with van der Waals surface area (Å²) in [5.41, 5.74) is 4.62. The van der Waals surface area contributed by atoms with Gasteiger partial charge >= 0.3 is 0 Å². The summed E-state index contributed by atoms with van der Waals surface area (Å²) in [6.07, 6.45) is 3.48. The van der Waals surface area contributed by atoms with Crippen molar-refractivity contribution in [1.29, 1.82) is 0 Å². The highest BCUT2D eigenvalue weighted by Crippen LogP contribution is 2.36. The van der Waals surface area contributed by atoms with E-state index in [1.54, 1.807) is 12.4 Å². The van der Waals surface area contributed by atoms with Crippen LogP contribution in [0.15, 0.2) is 73.1 Å². The molecule has 0 radical (unpaired) electrons. The number of phenolic OH excluding ortho intramolecular Hbond substituents is 1. The fraction of sp³-hybridized carbons (Fsp3) is 0.167. The van der Waals surface area contributed by atoms with Crippen molar-refractivity contribution in [1.82, 2.24) is 9.97 Å². The summed E-state index contributed by atoms with van der Waals surface area (Å²) >= 11 is 0. The Hall–Kier alpha value is -3.60. The largest absolute Gasteiger partial charge is 0.505 e. The Labute approximate surface area is 170 Å². The molecule has 0 fully saturated rings. The lowest BCUT2D eigenvalue weighted by atomic mass is 9.96. The monoisotopic (exact) mass is 384 g/mol. The second kappa shape index (κ2) is 7.80. The van der Waals surface area contributed by atoms with Gasteiger partial charge in [-0.1, -0.05) is 30.3 Å². The number of benzene rings is 2. The topological polar surface area (TPSA) is 61.3 Å². The van der Waals surface area contributed by atoms with Gasteiger partial charge in [-0.05, 0) is 48.4 Å². The molecule has 0 aliphatic heterocycles. The number of pyridine rings is 2. The van der Waals surface area contributed by atoms with E-state index in [1.165, 1.54) is 0 Å². The van der Waals surface area contributed by atoms with E-state index in [9.17, 15) is 5.11 Å². The van der Waals surface area contributed by atoms with E-state index in [2.05, 4.69) is 44.5 Å². The molecule has 29 heavy (non-hydrogen) atoms. The summed E-state index contributed by atoms with van der Waals surface area (Å²) in [6.45, 7) is 2.03. The molecule has 0 saturated heterocycles. The molecular weight excluding hydrogens is 360 g/mol. The van der Waals surface area contributed by atoms with Gasteiger partial charge in [0.25, 0.3) is 0 Å². The molecule has 146 valence electrons. The maximum atomic E-state index is 11.0. The summed E-state index contributed by atoms with van der Waals surface area (Å²) in [7, 11) is 4.03. The van der Waals surface area contributed by atoms with Crippen molar-refractivity contribution in [3.05, 3.63) is 89.7 Å². The van der Waals surface area contributed by atoms with E-state index in [4.69, 9.17) is 0 Å². The van der Waals surface area contributed by atoms with Gasteiger partial charge in [0.2, 0.25) is 0 Å². The number of hydrogen-bond donors (Lipinski definition) is 2. The second-order valence-electron chi connectivity index (χ2n) is 7.36. The van der Waals surface area contributed by atoms with Gasteiger partial charge in [-0.3, -0.25) is 4.98 Å². The molecular formula is C24H24N4O. The van der Waals surface area contributed by atoms with Gasteiger partial charge in [-0.2, -0.15) is 0 Å². The number of nitrogens with zero attached hydrogens (tertiary/aromatic N) is 3. The van der Waals surface area contributed by atoms with Crippen LogP contribution in [0.3, 0.4) is 0 Å². The first-order valence-electron chi connectivity index (χ1n) is 9.56. The number of fused-ring (bicyclic) bond motifs is 1. The Morgan fingerprint density at radius 1 is 0.931 bits per heavy atom. The van der Waals surface area contributed by atoms with Gasteiger partial charge in [0.15, 0.2) is 0 Å². The maximum Gasteiger partial charge on any atom is 0.147 e. The van der Waals surface area contributed by atoms with E-state index < -0.39 is 0 Å². The van der Waals surface area contributed by atoms with Crippen LogP contribution < -0.4 is 10.2 Å². The molecule has 4 rings (SSSR count). The number of anilines is 2. The van der Waals surface area contributed by atoms with Crippen molar-refractivity contribution >= 4 is 22.4 Å². The van der Waals surface area contributed by atoms with E-state index in [-0.39, 0.29) is 11.8 Å². The molecule has 0 spiro atoms. The number of hydrogen-bond acceptors (Lipinski definition) is 5. The van der Waals surface area contributed by atoms with Crippen LogP contribution in [0.5, 0.6) is 5.75 Å². The summed E-state index contributed by atoms with van der Waals surface area (Å²) in [5.74, 6) is 0.942. The highest BCUT2D eigenvalue weighted by atomic mass is 16.3. The number of aryl methyl sites for hydroxylation is 1. The minimum absolute atomic E-state index is 0.185. The molecule has 2 aromatic heterocycles. The molecule has 0 aliphatic carbocycles. The predicted molar refractivity (Wildman–Crippen MR) is 119 cm³/mol. The second-order valence-corrected chi connectivity index (χ2v) is 7.36. The molecule has 0 aliphatic rings. The van der Waals surface area contributed by atoms with Crippen LogP contribution in [0.4, 0.5) is 11.5 Å². The minimum Gasteiger partial charge on any atom is -0.505 e. The number of rotatable bonds is 5. The third-order valence-electron chi connectivity index (χ3n) is 5.04. The lowest BCUT2D eigenvalue weighted by Crippen LogP contribution is -2.14.